The second kappa shape index (κ2) is 10.3. The standard InChI is InChI=1S/C25H29ClN6O3S/c1-13(2)5-22-31-19-10-27-18(24-29-14(3)12-35-24)9-20(19)32(22)16-6-15(7-17(8-16)34-4)30-23(33)25-28-11-21(26)36-25/h9-13,15-17H,5-8H2,1-4H3,(H,30,33)/t15-,16+,17+/m0/s1. The highest BCUT2D eigenvalue weighted by Crippen LogP contribution is 2.36. The van der Waals surface area contributed by atoms with Gasteiger partial charge in [0, 0.05) is 25.6 Å². The van der Waals surface area contributed by atoms with Crippen LogP contribution in [-0.2, 0) is 11.2 Å². The van der Waals surface area contributed by atoms with Crippen LogP contribution < -0.4 is 5.32 Å². The lowest BCUT2D eigenvalue weighted by molar-refractivity contribution is 0.0390. The summed E-state index contributed by atoms with van der Waals surface area (Å²) in [6, 6.07) is 2.00. The first kappa shape index (κ1) is 24.9. The summed E-state index contributed by atoms with van der Waals surface area (Å²) < 4.78 is 14.2. The first-order valence-electron chi connectivity index (χ1n) is 12.0. The van der Waals surface area contributed by atoms with Crippen molar-refractivity contribution in [2.75, 3.05) is 7.11 Å². The number of imidazole rings is 1. The van der Waals surface area contributed by atoms with E-state index in [1.54, 1.807) is 19.6 Å². The maximum Gasteiger partial charge on any atom is 0.280 e. The second-order valence-corrected chi connectivity index (χ2v) is 11.4. The summed E-state index contributed by atoms with van der Waals surface area (Å²) in [4.78, 5) is 30.9. The lowest BCUT2D eigenvalue weighted by atomic mass is 9.88. The number of aryl methyl sites for hydroxylation is 1. The zero-order valence-corrected chi connectivity index (χ0v) is 22.3. The van der Waals surface area contributed by atoms with Crippen LogP contribution in [0.1, 0.15) is 60.5 Å². The molecule has 0 aliphatic heterocycles. The molecule has 0 radical (unpaired) electrons. The number of pyridine rings is 1. The molecule has 1 aliphatic rings. The van der Waals surface area contributed by atoms with Gasteiger partial charge in [-0.1, -0.05) is 36.8 Å². The molecule has 1 N–H and O–H groups in total. The molecular weight excluding hydrogens is 500 g/mol. The molecular formula is C25H29ClN6O3S. The Balaban J connectivity index is 1.51. The van der Waals surface area contributed by atoms with E-state index in [1.165, 1.54) is 17.5 Å². The number of fused-ring (bicyclic) bond motifs is 1. The van der Waals surface area contributed by atoms with Crippen molar-refractivity contribution in [1.29, 1.82) is 0 Å². The average molecular weight is 529 g/mol. The largest absolute Gasteiger partial charge is 0.443 e. The first-order chi connectivity index (χ1) is 17.3. The van der Waals surface area contributed by atoms with Crippen LogP contribution in [0.25, 0.3) is 22.6 Å². The Hall–Kier alpha value is -2.82. The molecule has 36 heavy (non-hydrogen) atoms. The van der Waals surface area contributed by atoms with Crippen molar-refractivity contribution in [2.45, 2.75) is 64.6 Å². The predicted molar refractivity (Wildman–Crippen MR) is 138 cm³/mol. The minimum absolute atomic E-state index is 0.00557. The van der Waals surface area contributed by atoms with E-state index in [-0.39, 0.29) is 24.1 Å². The van der Waals surface area contributed by atoms with E-state index in [1.807, 2.05) is 13.0 Å². The number of hydrogen-bond acceptors (Lipinski definition) is 8. The number of aromatic nitrogens is 5. The van der Waals surface area contributed by atoms with Crippen molar-refractivity contribution in [3.05, 3.63) is 45.6 Å². The third-order valence-corrected chi connectivity index (χ3v) is 7.54. The summed E-state index contributed by atoms with van der Waals surface area (Å²) in [5.41, 5.74) is 3.27. The van der Waals surface area contributed by atoms with Crippen LogP contribution in [0, 0.1) is 12.8 Å². The van der Waals surface area contributed by atoms with Gasteiger partial charge in [0.25, 0.3) is 5.91 Å². The molecule has 9 nitrogen and oxygen atoms in total. The van der Waals surface area contributed by atoms with E-state index in [2.05, 4.69) is 38.7 Å². The smallest absolute Gasteiger partial charge is 0.280 e. The van der Waals surface area contributed by atoms with Crippen LogP contribution >= 0.6 is 22.9 Å². The van der Waals surface area contributed by atoms with Gasteiger partial charge >= 0.3 is 0 Å². The second-order valence-electron chi connectivity index (χ2n) is 9.71. The lowest BCUT2D eigenvalue weighted by Crippen LogP contribution is -2.43. The van der Waals surface area contributed by atoms with Gasteiger partial charge in [0.2, 0.25) is 5.89 Å². The van der Waals surface area contributed by atoms with Gasteiger partial charge in [-0.25, -0.2) is 19.9 Å². The molecule has 0 spiro atoms. The Morgan fingerprint density at radius 2 is 2.11 bits per heavy atom. The zero-order valence-electron chi connectivity index (χ0n) is 20.7. The normalized spacial score (nSPS) is 20.3. The number of halogens is 1. The molecule has 5 rings (SSSR count). The molecule has 1 saturated carbocycles. The third kappa shape index (κ3) is 5.16. The Labute approximate surface area is 218 Å². The number of carbonyl (C=O) groups is 1. The molecule has 1 aliphatic carbocycles. The SMILES string of the molecule is CO[C@@H]1C[C@@H](NC(=O)c2ncc(Cl)s2)C[C@@H](n2c(CC(C)C)nc3cnc(-c4nc(C)co4)cc32)C1. The molecule has 0 saturated heterocycles. The van der Waals surface area contributed by atoms with Crippen LogP contribution in [0.2, 0.25) is 4.34 Å². The highest BCUT2D eigenvalue weighted by Gasteiger charge is 2.33. The van der Waals surface area contributed by atoms with Crippen LogP contribution in [0.15, 0.2) is 29.1 Å². The summed E-state index contributed by atoms with van der Waals surface area (Å²) in [7, 11) is 1.72. The summed E-state index contributed by atoms with van der Waals surface area (Å²) in [6.07, 6.45) is 8.02. The van der Waals surface area contributed by atoms with Crippen LogP contribution in [-0.4, -0.2) is 49.7 Å². The number of thiazole rings is 1. The number of rotatable bonds is 7. The Bertz CT molecular complexity index is 1380. The van der Waals surface area contributed by atoms with E-state index in [4.69, 9.17) is 25.7 Å². The van der Waals surface area contributed by atoms with Gasteiger partial charge in [-0.15, -0.1) is 0 Å². The monoisotopic (exact) mass is 528 g/mol. The van der Waals surface area contributed by atoms with Crippen molar-refractivity contribution in [3.63, 3.8) is 0 Å². The maximum atomic E-state index is 12.8. The van der Waals surface area contributed by atoms with Crippen molar-refractivity contribution in [2.24, 2.45) is 5.92 Å². The molecule has 4 aromatic rings. The van der Waals surface area contributed by atoms with Gasteiger partial charge in [0.1, 0.15) is 27.6 Å². The lowest BCUT2D eigenvalue weighted by Gasteiger charge is -2.36. The molecule has 0 bridgehead atoms. The molecule has 0 unspecified atom stereocenters. The molecule has 3 atom stereocenters. The third-order valence-electron chi connectivity index (χ3n) is 6.42. The quantitative estimate of drug-likeness (QED) is 0.349. The van der Waals surface area contributed by atoms with Gasteiger partial charge in [-0.2, -0.15) is 0 Å². The topological polar surface area (TPSA) is 108 Å². The number of ether oxygens (including phenoxy) is 1. The van der Waals surface area contributed by atoms with Gasteiger partial charge in [-0.05, 0) is 38.2 Å². The summed E-state index contributed by atoms with van der Waals surface area (Å²) in [6.45, 7) is 6.26. The predicted octanol–water partition coefficient (Wildman–Crippen LogP) is 5.24. The Morgan fingerprint density at radius 3 is 2.78 bits per heavy atom. The van der Waals surface area contributed by atoms with Gasteiger partial charge < -0.3 is 19.0 Å². The molecule has 1 fully saturated rings. The zero-order chi connectivity index (χ0) is 25.4. The summed E-state index contributed by atoms with van der Waals surface area (Å²) in [5, 5.41) is 3.51. The number of methoxy groups -OCH3 is 1. The van der Waals surface area contributed by atoms with Crippen LogP contribution in [0.5, 0.6) is 0 Å². The molecule has 0 aromatic carbocycles. The maximum absolute atomic E-state index is 12.8. The van der Waals surface area contributed by atoms with Crippen LogP contribution in [0.3, 0.4) is 0 Å². The summed E-state index contributed by atoms with van der Waals surface area (Å²) >= 11 is 7.16. The molecule has 190 valence electrons. The van der Waals surface area contributed by atoms with Crippen molar-refractivity contribution < 1.29 is 13.9 Å². The van der Waals surface area contributed by atoms with E-state index in [0.717, 1.165) is 48.2 Å². The van der Waals surface area contributed by atoms with Gasteiger partial charge in [0.15, 0.2) is 5.01 Å². The van der Waals surface area contributed by atoms with Crippen molar-refractivity contribution in [1.82, 2.24) is 29.8 Å². The van der Waals surface area contributed by atoms with E-state index in [9.17, 15) is 4.79 Å². The number of carbonyl (C=O) groups excluding carboxylic acids is 1. The van der Waals surface area contributed by atoms with E-state index < -0.39 is 0 Å². The Kier molecular flexibility index (Phi) is 7.09. The van der Waals surface area contributed by atoms with Gasteiger partial charge in [0.05, 0.1) is 29.7 Å². The Morgan fingerprint density at radius 1 is 1.28 bits per heavy atom. The highest BCUT2D eigenvalue weighted by molar-refractivity contribution is 7.17. The minimum Gasteiger partial charge on any atom is -0.443 e. The molecule has 4 aromatic heterocycles. The number of nitrogens with one attached hydrogen (secondary N) is 1. The number of oxazole rings is 1. The van der Waals surface area contributed by atoms with Gasteiger partial charge in [-0.3, -0.25) is 4.79 Å². The number of nitrogens with zero attached hydrogens (tertiary/aromatic N) is 5. The number of hydrogen-bond donors (Lipinski definition) is 1. The van der Waals surface area contributed by atoms with E-state index >= 15 is 0 Å². The molecule has 1 amide bonds. The number of amides is 1. The van der Waals surface area contributed by atoms with Crippen molar-refractivity contribution in [3.8, 4) is 11.6 Å². The molecule has 11 heteroatoms. The van der Waals surface area contributed by atoms with E-state index in [0.29, 0.717) is 26.8 Å². The van der Waals surface area contributed by atoms with Crippen molar-refractivity contribution >= 4 is 39.9 Å². The minimum atomic E-state index is -0.212. The van der Waals surface area contributed by atoms with Crippen LogP contribution in [0.4, 0.5) is 0 Å². The molecule has 4 heterocycles. The fraction of sp³-hybridized carbons (Fsp3) is 0.480. The fourth-order valence-corrected chi connectivity index (χ4v) is 5.73. The summed E-state index contributed by atoms with van der Waals surface area (Å²) in [5.74, 6) is 1.70. The average Bonchev–Trinajstić information content (AvgIpc) is 3.56. The first-order valence-corrected chi connectivity index (χ1v) is 13.2. The highest BCUT2D eigenvalue weighted by atomic mass is 35.5. The fourth-order valence-electron chi connectivity index (χ4n) is 4.92.